The SMILES string of the molecule is Cc1cccc(C(=O)N2CCN(C(=O)C3CC3)CC2)c1Br. The molecular formula is C16H19BrN2O2. The Balaban J connectivity index is 1.64. The minimum atomic E-state index is 0.0455. The van der Waals surface area contributed by atoms with Crippen molar-refractivity contribution in [3.05, 3.63) is 33.8 Å². The molecule has 112 valence electrons. The summed E-state index contributed by atoms with van der Waals surface area (Å²) in [6.45, 7) is 4.54. The summed E-state index contributed by atoms with van der Waals surface area (Å²) in [6.07, 6.45) is 2.07. The lowest BCUT2D eigenvalue weighted by atomic mass is 10.1. The van der Waals surface area contributed by atoms with Gasteiger partial charge in [-0.15, -0.1) is 0 Å². The zero-order valence-electron chi connectivity index (χ0n) is 12.1. The summed E-state index contributed by atoms with van der Waals surface area (Å²) in [6, 6.07) is 5.73. The van der Waals surface area contributed by atoms with Gasteiger partial charge >= 0.3 is 0 Å². The molecule has 1 saturated heterocycles. The first kappa shape index (κ1) is 14.6. The molecule has 0 spiro atoms. The Morgan fingerprint density at radius 1 is 1.10 bits per heavy atom. The second kappa shape index (κ2) is 5.79. The Morgan fingerprint density at radius 2 is 1.71 bits per heavy atom. The number of benzene rings is 1. The molecule has 1 aliphatic carbocycles. The van der Waals surface area contributed by atoms with Crippen LogP contribution in [0.15, 0.2) is 22.7 Å². The first-order valence-corrected chi connectivity index (χ1v) is 8.20. The minimum absolute atomic E-state index is 0.0455. The number of piperazine rings is 1. The molecule has 1 aromatic carbocycles. The van der Waals surface area contributed by atoms with E-state index < -0.39 is 0 Å². The standard InChI is InChI=1S/C16H19BrN2O2/c1-11-3-2-4-13(14(11)17)16(21)19-9-7-18(8-10-19)15(20)12-5-6-12/h2-4,12H,5-10H2,1H3. The predicted molar refractivity (Wildman–Crippen MR) is 84.1 cm³/mol. The predicted octanol–water partition coefficient (Wildman–Crippen LogP) is 2.45. The van der Waals surface area contributed by atoms with Crippen molar-refractivity contribution in [3.63, 3.8) is 0 Å². The summed E-state index contributed by atoms with van der Waals surface area (Å²) in [5, 5.41) is 0. The summed E-state index contributed by atoms with van der Waals surface area (Å²) < 4.78 is 0.867. The second-order valence-electron chi connectivity index (χ2n) is 5.83. The van der Waals surface area contributed by atoms with Crippen LogP contribution in [0, 0.1) is 12.8 Å². The fraction of sp³-hybridized carbons (Fsp3) is 0.500. The summed E-state index contributed by atoms with van der Waals surface area (Å²) >= 11 is 3.50. The first-order chi connectivity index (χ1) is 10.1. The maximum absolute atomic E-state index is 12.6. The van der Waals surface area contributed by atoms with E-state index in [0.717, 1.165) is 22.9 Å². The van der Waals surface area contributed by atoms with Gasteiger partial charge in [0.25, 0.3) is 5.91 Å². The third-order valence-corrected chi connectivity index (χ3v) is 5.28. The average molecular weight is 351 g/mol. The van der Waals surface area contributed by atoms with Crippen LogP contribution in [0.1, 0.15) is 28.8 Å². The number of carbonyl (C=O) groups excluding carboxylic acids is 2. The van der Waals surface area contributed by atoms with E-state index in [4.69, 9.17) is 0 Å². The molecule has 2 amide bonds. The average Bonchev–Trinajstić information content (AvgIpc) is 3.33. The van der Waals surface area contributed by atoms with E-state index >= 15 is 0 Å². The quantitative estimate of drug-likeness (QED) is 0.821. The van der Waals surface area contributed by atoms with Crippen molar-refractivity contribution in [3.8, 4) is 0 Å². The number of hydrogen-bond acceptors (Lipinski definition) is 2. The summed E-state index contributed by atoms with van der Waals surface area (Å²) in [4.78, 5) is 28.4. The molecule has 2 aliphatic rings. The van der Waals surface area contributed by atoms with Crippen molar-refractivity contribution in [2.45, 2.75) is 19.8 Å². The lowest BCUT2D eigenvalue weighted by Gasteiger charge is -2.35. The Hall–Kier alpha value is -1.36. The molecule has 0 aromatic heterocycles. The number of halogens is 1. The van der Waals surface area contributed by atoms with Crippen LogP contribution in [0.25, 0.3) is 0 Å². The van der Waals surface area contributed by atoms with E-state index in [1.807, 2.05) is 34.9 Å². The zero-order chi connectivity index (χ0) is 15.0. The maximum atomic E-state index is 12.6. The maximum Gasteiger partial charge on any atom is 0.255 e. The van der Waals surface area contributed by atoms with Gasteiger partial charge in [0, 0.05) is 36.6 Å². The monoisotopic (exact) mass is 350 g/mol. The van der Waals surface area contributed by atoms with E-state index in [1.54, 1.807) is 0 Å². The van der Waals surface area contributed by atoms with Crippen LogP contribution < -0.4 is 0 Å². The number of nitrogens with zero attached hydrogens (tertiary/aromatic N) is 2. The topological polar surface area (TPSA) is 40.6 Å². The molecular weight excluding hydrogens is 332 g/mol. The molecule has 1 aliphatic heterocycles. The fourth-order valence-electron chi connectivity index (χ4n) is 2.70. The number of carbonyl (C=O) groups is 2. The van der Waals surface area contributed by atoms with E-state index in [9.17, 15) is 9.59 Å². The largest absolute Gasteiger partial charge is 0.339 e. The van der Waals surface area contributed by atoms with Gasteiger partial charge in [-0.2, -0.15) is 0 Å². The molecule has 3 rings (SSSR count). The Morgan fingerprint density at radius 3 is 2.33 bits per heavy atom. The Labute approximate surface area is 133 Å². The van der Waals surface area contributed by atoms with E-state index in [2.05, 4.69) is 15.9 Å². The first-order valence-electron chi connectivity index (χ1n) is 7.41. The molecule has 1 saturated carbocycles. The summed E-state index contributed by atoms with van der Waals surface area (Å²) in [5.74, 6) is 0.584. The molecule has 4 nitrogen and oxygen atoms in total. The van der Waals surface area contributed by atoms with Crippen molar-refractivity contribution >= 4 is 27.7 Å². The van der Waals surface area contributed by atoms with Gasteiger partial charge in [-0.1, -0.05) is 12.1 Å². The smallest absolute Gasteiger partial charge is 0.255 e. The van der Waals surface area contributed by atoms with E-state index in [0.29, 0.717) is 31.7 Å². The molecule has 0 N–H and O–H groups in total. The molecule has 2 fully saturated rings. The highest BCUT2D eigenvalue weighted by atomic mass is 79.9. The van der Waals surface area contributed by atoms with Gasteiger partial charge in [0.05, 0.1) is 5.56 Å². The lowest BCUT2D eigenvalue weighted by Crippen LogP contribution is -2.51. The van der Waals surface area contributed by atoms with Gasteiger partial charge in [-0.25, -0.2) is 0 Å². The van der Waals surface area contributed by atoms with Crippen molar-refractivity contribution in [1.82, 2.24) is 9.80 Å². The lowest BCUT2D eigenvalue weighted by molar-refractivity contribution is -0.134. The van der Waals surface area contributed by atoms with E-state index in [1.165, 1.54) is 0 Å². The summed E-state index contributed by atoms with van der Waals surface area (Å²) in [7, 11) is 0. The molecule has 0 bridgehead atoms. The zero-order valence-corrected chi connectivity index (χ0v) is 13.7. The molecule has 1 aromatic rings. The van der Waals surface area contributed by atoms with Gasteiger partial charge in [0.2, 0.25) is 5.91 Å². The third kappa shape index (κ3) is 2.98. The Kier molecular flexibility index (Phi) is 4.02. The highest BCUT2D eigenvalue weighted by molar-refractivity contribution is 9.10. The number of aryl methyl sites for hydroxylation is 1. The van der Waals surface area contributed by atoms with Crippen molar-refractivity contribution in [2.24, 2.45) is 5.92 Å². The van der Waals surface area contributed by atoms with Gasteiger partial charge < -0.3 is 9.80 Å². The molecule has 0 unspecified atom stereocenters. The van der Waals surface area contributed by atoms with Crippen molar-refractivity contribution in [2.75, 3.05) is 26.2 Å². The van der Waals surface area contributed by atoms with Crippen molar-refractivity contribution in [1.29, 1.82) is 0 Å². The van der Waals surface area contributed by atoms with Gasteiger partial charge in [-0.3, -0.25) is 9.59 Å². The fourth-order valence-corrected chi connectivity index (χ4v) is 3.14. The van der Waals surface area contributed by atoms with E-state index in [-0.39, 0.29) is 17.7 Å². The second-order valence-corrected chi connectivity index (χ2v) is 6.62. The molecule has 1 heterocycles. The van der Waals surface area contributed by atoms with Crippen LogP contribution in [0.2, 0.25) is 0 Å². The van der Waals surface area contributed by atoms with Gasteiger partial charge in [-0.05, 0) is 47.3 Å². The van der Waals surface area contributed by atoms with Crippen LogP contribution in [0.5, 0.6) is 0 Å². The molecule has 5 heteroatoms. The van der Waals surface area contributed by atoms with Gasteiger partial charge in [0.1, 0.15) is 0 Å². The van der Waals surface area contributed by atoms with Crippen LogP contribution in [0.3, 0.4) is 0 Å². The number of rotatable bonds is 2. The van der Waals surface area contributed by atoms with Crippen LogP contribution in [-0.2, 0) is 4.79 Å². The highest BCUT2D eigenvalue weighted by Crippen LogP contribution is 2.31. The molecule has 0 radical (unpaired) electrons. The third-order valence-electron chi connectivity index (χ3n) is 4.23. The summed E-state index contributed by atoms with van der Waals surface area (Å²) in [5.41, 5.74) is 1.76. The molecule has 21 heavy (non-hydrogen) atoms. The van der Waals surface area contributed by atoms with Crippen LogP contribution >= 0.6 is 15.9 Å². The van der Waals surface area contributed by atoms with Crippen molar-refractivity contribution < 1.29 is 9.59 Å². The Bertz CT molecular complexity index is 576. The minimum Gasteiger partial charge on any atom is -0.339 e. The normalized spacial score (nSPS) is 18.8. The number of amides is 2. The van der Waals surface area contributed by atoms with Crippen LogP contribution in [-0.4, -0.2) is 47.8 Å². The highest BCUT2D eigenvalue weighted by Gasteiger charge is 2.35. The number of hydrogen-bond donors (Lipinski definition) is 0. The van der Waals surface area contributed by atoms with Gasteiger partial charge in [0.15, 0.2) is 0 Å². The molecule has 0 atom stereocenters. The van der Waals surface area contributed by atoms with Crippen LogP contribution in [0.4, 0.5) is 0 Å².